The second-order valence-corrected chi connectivity index (χ2v) is 5.66. The molecule has 0 unspecified atom stereocenters. The zero-order chi connectivity index (χ0) is 17.3. The SMILES string of the molecule is C=CCCCCOc1nnc(-c2ccccc2)c(-c2ccccc2)n1. The van der Waals surface area contributed by atoms with E-state index >= 15 is 0 Å². The lowest BCUT2D eigenvalue weighted by Crippen LogP contribution is -2.05. The van der Waals surface area contributed by atoms with E-state index in [2.05, 4.69) is 21.8 Å². The lowest BCUT2D eigenvalue weighted by molar-refractivity contribution is 0.280. The van der Waals surface area contributed by atoms with Gasteiger partial charge in [0, 0.05) is 11.1 Å². The smallest absolute Gasteiger partial charge is 0.336 e. The summed E-state index contributed by atoms with van der Waals surface area (Å²) in [6.07, 6.45) is 4.89. The molecule has 4 heteroatoms. The van der Waals surface area contributed by atoms with E-state index in [0.29, 0.717) is 12.6 Å². The first-order valence-corrected chi connectivity index (χ1v) is 8.48. The molecule has 0 amide bonds. The largest absolute Gasteiger partial charge is 0.462 e. The molecule has 0 saturated heterocycles. The fraction of sp³-hybridized carbons (Fsp3) is 0.190. The molecule has 0 saturated carbocycles. The zero-order valence-corrected chi connectivity index (χ0v) is 14.1. The predicted octanol–water partition coefficient (Wildman–Crippen LogP) is 4.94. The van der Waals surface area contributed by atoms with Crippen molar-refractivity contribution in [2.75, 3.05) is 6.61 Å². The number of hydrogen-bond donors (Lipinski definition) is 0. The van der Waals surface area contributed by atoms with Gasteiger partial charge in [0.15, 0.2) is 0 Å². The Kier molecular flexibility index (Phi) is 5.88. The highest BCUT2D eigenvalue weighted by atomic mass is 16.5. The summed E-state index contributed by atoms with van der Waals surface area (Å²) in [7, 11) is 0. The molecule has 1 aromatic heterocycles. The summed E-state index contributed by atoms with van der Waals surface area (Å²) in [6.45, 7) is 4.30. The lowest BCUT2D eigenvalue weighted by atomic mass is 10.0. The Morgan fingerprint density at radius 3 is 2.08 bits per heavy atom. The molecule has 4 nitrogen and oxygen atoms in total. The van der Waals surface area contributed by atoms with Crippen molar-refractivity contribution in [1.29, 1.82) is 0 Å². The fourth-order valence-corrected chi connectivity index (χ4v) is 2.51. The first-order chi connectivity index (χ1) is 12.4. The van der Waals surface area contributed by atoms with Crippen molar-refractivity contribution < 1.29 is 4.74 Å². The molecule has 0 radical (unpaired) electrons. The molecule has 3 aromatic rings. The van der Waals surface area contributed by atoms with Crippen molar-refractivity contribution in [2.45, 2.75) is 19.3 Å². The van der Waals surface area contributed by atoms with Crippen LogP contribution in [0.1, 0.15) is 19.3 Å². The van der Waals surface area contributed by atoms with E-state index in [1.165, 1.54) is 0 Å². The average Bonchev–Trinajstić information content (AvgIpc) is 2.69. The number of allylic oxidation sites excluding steroid dienone is 1. The minimum Gasteiger partial charge on any atom is -0.462 e. The molecular formula is C21H21N3O. The molecule has 3 rings (SSSR count). The third-order valence-electron chi connectivity index (χ3n) is 3.80. The monoisotopic (exact) mass is 331 g/mol. The third-order valence-corrected chi connectivity index (χ3v) is 3.80. The molecule has 0 atom stereocenters. The second kappa shape index (κ2) is 8.73. The molecule has 0 aliphatic carbocycles. The molecule has 0 spiro atoms. The fourth-order valence-electron chi connectivity index (χ4n) is 2.51. The van der Waals surface area contributed by atoms with Gasteiger partial charge in [-0.05, 0) is 19.3 Å². The highest BCUT2D eigenvalue weighted by Crippen LogP contribution is 2.29. The lowest BCUT2D eigenvalue weighted by Gasteiger charge is -2.10. The van der Waals surface area contributed by atoms with Gasteiger partial charge in [-0.15, -0.1) is 11.7 Å². The maximum atomic E-state index is 5.69. The van der Waals surface area contributed by atoms with Gasteiger partial charge in [-0.2, -0.15) is 4.98 Å². The van der Waals surface area contributed by atoms with Crippen molar-refractivity contribution in [2.24, 2.45) is 0 Å². The van der Waals surface area contributed by atoms with E-state index in [0.717, 1.165) is 41.8 Å². The summed E-state index contributed by atoms with van der Waals surface area (Å²) in [4.78, 5) is 4.62. The molecule has 0 N–H and O–H groups in total. The molecule has 0 aliphatic rings. The van der Waals surface area contributed by atoms with Crippen molar-refractivity contribution in [3.05, 3.63) is 73.3 Å². The summed E-state index contributed by atoms with van der Waals surface area (Å²) in [5.41, 5.74) is 3.51. The summed E-state index contributed by atoms with van der Waals surface area (Å²) in [6, 6.07) is 20.3. The van der Waals surface area contributed by atoms with Crippen LogP contribution in [0.3, 0.4) is 0 Å². The Hall–Kier alpha value is -3.01. The van der Waals surface area contributed by atoms with Crippen LogP contribution in [-0.2, 0) is 0 Å². The molecule has 0 fully saturated rings. The van der Waals surface area contributed by atoms with Crippen LogP contribution >= 0.6 is 0 Å². The number of rotatable bonds is 8. The van der Waals surface area contributed by atoms with Gasteiger partial charge in [-0.3, -0.25) is 0 Å². The quantitative estimate of drug-likeness (QED) is 0.433. The van der Waals surface area contributed by atoms with Crippen molar-refractivity contribution in [1.82, 2.24) is 15.2 Å². The summed E-state index contributed by atoms with van der Waals surface area (Å²) in [5, 5.41) is 8.54. The predicted molar refractivity (Wildman–Crippen MR) is 100 cm³/mol. The van der Waals surface area contributed by atoms with E-state index in [1.54, 1.807) is 0 Å². The second-order valence-electron chi connectivity index (χ2n) is 5.66. The van der Waals surface area contributed by atoms with Crippen LogP contribution in [0.2, 0.25) is 0 Å². The van der Waals surface area contributed by atoms with Crippen molar-refractivity contribution >= 4 is 0 Å². The third kappa shape index (κ3) is 4.51. The van der Waals surface area contributed by atoms with Crippen LogP contribution < -0.4 is 4.74 Å². The summed E-state index contributed by atoms with van der Waals surface area (Å²) < 4.78 is 5.69. The van der Waals surface area contributed by atoms with Crippen LogP contribution in [0.15, 0.2) is 73.3 Å². The summed E-state index contributed by atoms with van der Waals surface area (Å²) >= 11 is 0. The van der Waals surface area contributed by atoms with Gasteiger partial charge in [0.05, 0.1) is 6.61 Å². The number of hydrogen-bond acceptors (Lipinski definition) is 4. The standard InChI is InChI=1S/C21H21N3O/c1-2-3-4-11-16-25-21-22-19(17-12-7-5-8-13-17)20(23-24-21)18-14-9-6-10-15-18/h2,5-10,12-15H,1,3-4,11,16H2. The Bertz CT molecular complexity index is 804. The van der Waals surface area contributed by atoms with E-state index in [1.807, 2.05) is 66.7 Å². The number of nitrogens with zero attached hydrogens (tertiary/aromatic N) is 3. The maximum absolute atomic E-state index is 5.69. The minimum atomic E-state index is 0.317. The van der Waals surface area contributed by atoms with Gasteiger partial charge in [0.2, 0.25) is 0 Å². The number of aromatic nitrogens is 3. The molecule has 1 heterocycles. The number of benzene rings is 2. The zero-order valence-electron chi connectivity index (χ0n) is 14.1. The number of ether oxygens (including phenoxy) is 1. The highest BCUT2D eigenvalue weighted by Gasteiger charge is 2.13. The Morgan fingerprint density at radius 1 is 0.800 bits per heavy atom. The van der Waals surface area contributed by atoms with Crippen LogP contribution in [0.25, 0.3) is 22.5 Å². The molecular weight excluding hydrogens is 310 g/mol. The highest BCUT2D eigenvalue weighted by molar-refractivity contribution is 5.77. The van der Waals surface area contributed by atoms with Gasteiger partial charge >= 0.3 is 6.01 Å². The first kappa shape index (κ1) is 16.8. The van der Waals surface area contributed by atoms with Crippen LogP contribution in [0.5, 0.6) is 6.01 Å². The van der Waals surface area contributed by atoms with Gasteiger partial charge in [0.1, 0.15) is 11.4 Å². The van der Waals surface area contributed by atoms with Crippen LogP contribution in [0.4, 0.5) is 0 Å². The van der Waals surface area contributed by atoms with E-state index < -0.39 is 0 Å². The Labute approximate surface area is 148 Å². The maximum Gasteiger partial charge on any atom is 0.336 e. The Morgan fingerprint density at radius 2 is 1.44 bits per heavy atom. The molecule has 0 aliphatic heterocycles. The van der Waals surface area contributed by atoms with E-state index in [9.17, 15) is 0 Å². The van der Waals surface area contributed by atoms with E-state index in [-0.39, 0.29) is 0 Å². The molecule has 0 bridgehead atoms. The van der Waals surface area contributed by atoms with Gasteiger partial charge in [0.25, 0.3) is 0 Å². The van der Waals surface area contributed by atoms with E-state index in [4.69, 9.17) is 4.74 Å². The van der Waals surface area contributed by atoms with Gasteiger partial charge in [-0.25, -0.2) is 0 Å². The first-order valence-electron chi connectivity index (χ1n) is 8.48. The minimum absolute atomic E-state index is 0.317. The Balaban J connectivity index is 1.88. The van der Waals surface area contributed by atoms with Gasteiger partial charge < -0.3 is 4.74 Å². The topological polar surface area (TPSA) is 47.9 Å². The van der Waals surface area contributed by atoms with Crippen LogP contribution in [-0.4, -0.2) is 21.8 Å². The van der Waals surface area contributed by atoms with Crippen molar-refractivity contribution in [3.8, 4) is 28.5 Å². The van der Waals surface area contributed by atoms with Crippen molar-refractivity contribution in [3.63, 3.8) is 0 Å². The van der Waals surface area contributed by atoms with Crippen LogP contribution in [0, 0.1) is 0 Å². The number of unbranched alkanes of at least 4 members (excludes halogenated alkanes) is 2. The molecule has 126 valence electrons. The average molecular weight is 331 g/mol. The summed E-state index contributed by atoms with van der Waals surface area (Å²) in [5.74, 6) is 0. The normalized spacial score (nSPS) is 10.4. The molecule has 2 aromatic carbocycles. The van der Waals surface area contributed by atoms with Gasteiger partial charge in [-0.1, -0.05) is 71.8 Å². The molecule has 25 heavy (non-hydrogen) atoms.